The summed E-state index contributed by atoms with van der Waals surface area (Å²) in [5.41, 5.74) is 0.475. The van der Waals surface area contributed by atoms with Crippen molar-refractivity contribution in [1.29, 1.82) is 0 Å². The van der Waals surface area contributed by atoms with E-state index in [2.05, 4.69) is 16.5 Å². The molecule has 1 rings (SSSR count). The van der Waals surface area contributed by atoms with Gasteiger partial charge in [-0.15, -0.1) is 6.58 Å². The second-order valence-electron chi connectivity index (χ2n) is 2.29. The number of hydrogen-bond donors (Lipinski definition) is 1. The van der Waals surface area contributed by atoms with E-state index in [0.717, 1.165) is 0 Å². The molecule has 0 aliphatic carbocycles. The van der Waals surface area contributed by atoms with Crippen LogP contribution in [0.4, 0.5) is 5.95 Å². The van der Waals surface area contributed by atoms with Crippen molar-refractivity contribution in [2.24, 2.45) is 0 Å². The summed E-state index contributed by atoms with van der Waals surface area (Å²) in [6, 6.07) is 0. The molecule has 0 atom stereocenters. The number of carbonyl (C=O) groups is 1. The summed E-state index contributed by atoms with van der Waals surface area (Å²) in [7, 11) is 0. The molecule has 0 radical (unpaired) electrons. The second-order valence-corrected chi connectivity index (χ2v) is 2.29. The van der Waals surface area contributed by atoms with Crippen LogP contribution in [-0.2, 0) is 6.42 Å². The smallest absolute Gasteiger partial charge is 0.390 e. The Labute approximate surface area is 73.4 Å². The molecule has 0 spiro atoms. The fraction of sp³-hybridized carbons (Fsp3) is 0.143. The van der Waals surface area contributed by atoms with Gasteiger partial charge in [0, 0.05) is 6.42 Å². The summed E-state index contributed by atoms with van der Waals surface area (Å²) in [6.45, 7) is 3.45. The normalized spacial score (nSPS) is 9.54. The molecule has 0 aliphatic rings. The molecule has 1 aromatic heterocycles. The quantitative estimate of drug-likeness (QED) is 0.323. The van der Waals surface area contributed by atoms with Crippen LogP contribution in [-0.4, -0.2) is 21.2 Å². The molecule has 0 amide bonds. The lowest BCUT2D eigenvalue weighted by molar-refractivity contribution is -0.393. The van der Waals surface area contributed by atoms with Crippen molar-refractivity contribution < 1.29 is 9.72 Å². The molecule has 1 heterocycles. The van der Waals surface area contributed by atoms with Gasteiger partial charge < -0.3 is 10.1 Å². The summed E-state index contributed by atoms with van der Waals surface area (Å²) in [4.78, 5) is 25.9. The average molecular weight is 181 g/mol. The maximum atomic E-state index is 10.4. The van der Waals surface area contributed by atoms with Crippen LogP contribution in [0.15, 0.2) is 12.7 Å². The summed E-state index contributed by atoms with van der Waals surface area (Å²) in [5.74, 6) is -0.418. The monoisotopic (exact) mass is 181 g/mol. The zero-order valence-corrected chi connectivity index (χ0v) is 6.69. The SMILES string of the molecule is C=CCc1[nH]c([N+](=O)[O-])nc1C=O. The van der Waals surface area contributed by atoms with Gasteiger partial charge in [-0.25, -0.2) is 4.98 Å². The maximum Gasteiger partial charge on any atom is 0.433 e. The Morgan fingerprint density at radius 1 is 1.69 bits per heavy atom. The number of nitrogens with zero attached hydrogens (tertiary/aromatic N) is 2. The van der Waals surface area contributed by atoms with E-state index in [1.165, 1.54) is 6.08 Å². The van der Waals surface area contributed by atoms with Crippen molar-refractivity contribution in [3.8, 4) is 0 Å². The minimum Gasteiger partial charge on any atom is -0.390 e. The molecule has 1 N–H and O–H groups in total. The van der Waals surface area contributed by atoms with Crippen LogP contribution in [0.5, 0.6) is 0 Å². The Morgan fingerprint density at radius 3 is 2.85 bits per heavy atom. The fourth-order valence-electron chi connectivity index (χ4n) is 0.892. The average Bonchev–Trinajstić information content (AvgIpc) is 2.48. The van der Waals surface area contributed by atoms with Gasteiger partial charge in [-0.3, -0.25) is 4.79 Å². The van der Waals surface area contributed by atoms with Gasteiger partial charge in [-0.2, -0.15) is 0 Å². The maximum absolute atomic E-state index is 10.4. The first-order valence-corrected chi connectivity index (χ1v) is 3.48. The van der Waals surface area contributed by atoms with Crippen molar-refractivity contribution in [2.75, 3.05) is 0 Å². The summed E-state index contributed by atoms with van der Waals surface area (Å²) >= 11 is 0. The zero-order chi connectivity index (χ0) is 9.84. The Kier molecular flexibility index (Phi) is 2.53. The molecule has 0 saturated carbocycles. The summed E-state index contributed by atoms with van der Waals surface area (Å²) < 4.78 is 0. The van der Waals surface area contributed by atoms with Gasteiger partial charge in [0.2, 0.25) is 5.69 Å². The lowest BCUT2D eigenvalue weighted by Gasteiger charge is -1.86. The van der Waals surface area contributed by atoms with Crippen molar-refractivity contribution >= 4 is 12.2 Å². The Bertz CT molecular complexity index is 356. The van der Waals surface area contributed by atoms with Gasteiger partial charge in [-0.1, -0.05) is 11.1 Å². The predicted molar refractivity (Wildman–Crippen MR) is 44.5 cm³/mol. The number of aromatic amines is 1. The lowest BCUT2D eigenvalue weighted by Crippen LogP contribution is -1.89. The van der Waals surface area contributed by atoms with Gasteiger partial charge in [0.25, 0.3) is 0 Å². The highest BCUT2D eigenvalue weighted by Gasteiger charge is 2.17. The number of H-pyrrole nitrogens is 1. The van der Waals surface area contributed by atoms with E-state index >= 15 is 0 Å². The van der Waals surface area contributed by atoms with Crippen molar-refractivity contribution in [3.63, 3.8) is 0 Å². The van der Waals surface area contributed by atoms with E-state index in [9.17, 15) is 14.9 Å². The first-order chi connectivity index (χ1) is 6.19. The fourth-order valence-corrected chi connectivity index (χ4v) is 0.892. The number of nitro groups is 1. The van der Waals surface area contributed by atoms with E-state index in [0.29, 0.717) is 18.4 Å². The number of allylic oxidation sites excluding steroid dienone is 1. The molecule has 0 aromatic carbocycles. The molecule has 1 aromatic rings. The molecular formula is C7H7N3O3. The molecule has 6 heteroatoms. The number of aldehydes is 1. The van der Waals surface area contributed by atoms with E-state index in [4.69, 9.17) is 0 Å². The number of carbonyl (C=O) groups excluding carboxylic acids is 1. The summed E-state index contributed by atoms with van der Waals surface area (Å²) in [5, 5.41) is 10.3. The molecule has 0 bridgehead atoms. The molecule has 0 fully saturated rings. The van der Waals surface area contributed by atoms with E-state index in [1.807, 2.05) is 0 Å². The van der Waals surface area contributed by atoms with Crippen molar-refractivity contribution in [1.82, 2.24) is 9.97 Å². The zero-order valence-electron chi connectivity index (χ0n) is 6.69. The molecule has 68 valence electrons. The summed E-state index contributed by atoms with van der Waals surface area (Å²) in [6.07, 6.45) is 2.36. The van der Waals surface area contributed by atoms with Crippen LogP contribution < -0.4 is 0 Å². The minimum absolute atomic E-state index is 0.0617. The number of rotatable bonds is 4. The molecule has 0 saturated heterocycles. The van der Waals surface area contributed by atoms with E-state index in [1.54, 1.807) is 0 Å². The Morgan fingerprint density at radius 2 is 2.38 bits per heavy atom. The predicted octanol–water partition coefficient (Wildman–Crippen LogP) is 0.859. The van der Waals surface area contributed by atoms with E-state index in [-0.39, 0.29) is 5.69 Å². The van der Waals surface area contributed by atoms with Gasteiger partial charge in [0.15, 0.2) is 6.29 Å². The first kappa shape index (κ1) is 9.11. The molecule has 0 unspecified atom stereocenters. The highest BCUT2D eigenvalue weighted by molar-refractivity contribution is 5.74. The van der Waals surface area contributed by atoms with Crippen LogP contribution >= 0.6 is 0 Å². The van der Waals surface area contributed by atoms with Gasteiger partial charge in [-0.05, 0) is 4.92 Å². The molecule has 13 heavy (non-hydrogen) atoms. The van der Waals surface area contributed by atoms with Crippen LogP contribution in [0.25, 0.3) is 0 Å². The van der Waals surface area contributed by atoms with Gasteiger partial charge in [0.1, 0.15) is 5.69 Å². The van der Waals surface area contributed by atoms with Crippen molar-refractivity contribution in [3.05, 3.63) is 34.2 Å². The Balaban J connectivity index is 3.10. The second kappa shape index (κ2) is 3.61. The number of nitrogens with one attached hydrogen (secondary N) is 1. The number of aromatic nitrogens is 2. The largest absolute Gasteiger partial charge is 0.433 e. The highest BCUT2D eigenvalue weighted by Crippen LogP contribution is 2.10. The Hall–Kier alpha value is -1.98. The highest BCUT2D eigenvalue weighted by atomic mass is 16.6. The topological polar surface area (TPSA) is 88.9 Å². The van der Waals surface area contributed by atoms with Crippen LogP contribution in [0.3, 0.4) is 0 Å². The van der Waals surface area contributed by atoms with Crippen LogP contribution in [0.2, 0.25) is 0 Å². The number of hydrogen-bond acceptors (Lipinski definition) is 4. The third-order valence-electron chi connectivity index (χ3n) is 1.43. The third kappa shape index (κ3) is 1.78. The number of imidazole rings is 1. The molecular weight excluding hydrogens is 174 g/mol. The molecule has 6 nitrogen and oxygen atoms in total. The third-order valence-corrected chi connectivity index (χ3v) is 1.43. The van der Waals surface area contributed by atoms with Crippen LogP contribution in [0, 0.1) is 10.1 Å². The lowest BCUT2D eigenvalue weighted by atomic mass is 10.2. The molecule has 0 aliphatic heterocycles. The van der Waals surface area contributed by atoms with E-state index < -0.39 is 10.9 Å². The standard InChI is InChI=1S/C7H7N3O3/c1-2-3-5-6(4-11)9-7(8-5)10(12)13/h2,4H,1,3H2,(H,8,9). The van der Waals surface area contributed by atoms with Crippen LogP contribution in [0.1, 0.15) is 16.2 Å². The van der Waals surface area contributed by atoms with Gasteiger partial charge >= 0.3 is 5.95 Å². The van der Waals surface area contributed by atoms with Crippen molar-refractivity contribution in [2.45, 2.75) is 6.42 Å². The van der Waals surface area contributed by atoms with Gasteiger partial charge in [0.05, 0.1) is 0 Å². The first-order valence-electron chi connectivity index (χ1n) is 3.48. The minimum atomic E-state index is -0.681.